The van der Waals surface area contributed by atoms with E-state index >= 15 is 0 Å². The molecule has 1 rings (SSSR count). The molecule has 2 N–H and O–H groups in total. The van der Waals surface area contributed by atoms with E-state index in [2.05, 4.69) is 38.0 Å². The summed E-state index contributed by atoms with van der Waals surface area (Å²) in [6.07, 6.45) is -0.400. The lowest BCUT2D eigenvalue weighted by Crippen LogP contribution is -2.50. The van der Waals surface area contributed by atoms with E-state index in [0.717, 1.165) is 11.5 Å². The lowest BCUT2D eigenvalue weighted by Gasteiger charge is -2.23. The fraction of sp³-hybridized carbons (Fsp3) is 0.522. The fourth-order valence-corrected chi connectivity index (χ4v) is 1.95. The summed E-state index contributed by atoms with van der Waals surface area (Å²) >= 11 is 0. The van der Waals surface area contributed by atoms with Crippen molar-refractivity contribution in [1.29, 1.82) is 0 Å². The standard InChI is InChI=1S/C19H26N2O4.C4H10/c1-13(2)16(22)12-20-17(23)15(11-14-9-7-6-8-10-14)21-18(24)25-19(3,4)5;1-4(2)3/h6-10,15H,1,11-12H2,2-5H3,(H,20,23)(H,21,24);4H,1-3H3. The first-order chi connectivity index (χ1) is 13.3. The third-order valence-electron chi connectivity index (χ3n) is 3.19. The highest BCUT2D eigenvalue weighted by atomic mass is 16.6. The van der Waals surface area contributed by atoms with Crippen LogP contribution in [0.15, 0.2) is 42.5 Å². The van der Waals surface area contributed by atoms with Crippen molar-refractivity contribution in [1.82, 2.24) is 10.6 Å². The largest absolute Gasteiger partial charge is 0.444 e. The molecule has 0 spiro atoms. The van der Waals surface area contributed by atoms with Gasteiger partial charge in [-0.3, -0.25) is 9.59 Å². The summed E-state index contributed by atoms with van der Waals surface area (Å²) in [4.78, 5) is 36.0. The van der Waals surface area contributed by atoms with Gasteiger partial charge in [0.2, 0.25) is 5.91 Å². The number of carbonyl (C=O) groups is 3. The van der Waals surface area contributed by atoms with Crippen LogP contribution in [0.25, 0.3) is 0 Å². The molecule has 162 valence electrons. The molecule has 29 heavy (non-hydrogen) atoms. The van der Waals surface area contributed by atoms with Crippen molar-refractivity contribution in [2.24, 2.45) is 5.92 Å². The van der Waals surface area contributed by atoms with Crippen LogP contribution in [0.3, 0.4) is 0 Å². The zero-order valence-corrected chi connectivity index (χ0v) is 18.8. The maximum atomic E-state index is 12.4. The Kier molecular flexibility index (Phi) is 11.6. The first kappa shape index (κ1) is 26.4. The first-order valence-corrected chi connectivity index (χ1v) is 9.81. The van der Waals surface area contributed by atoms with Gasteiger partial charge in [-0.25, -0.2) is 4.79 Å². The summed E-state index contributed by atoms with van der Waals surface area (Å²) in [5, 5.41) is 5.10. The van der Waals surface area contributed by atoms with Crippen LogP contribution in [0.5, 0.6) is 0 Å². The molecule has 6 heteroatoms. The minimum Gasteiger partial charge on any atom is -0.444 e. The molecule has 1 aromatic carbocycles. The van der Waals surface area contributed by atoms with Crippen LogP contribution < -0.4 is 10.6 Å². The average molecular weight is 405 g/mol. The van der Waals surface area contributed by atoms with Crippen LogP contribution >= 0.6 is 0 Å². The highest BCUT2D eigenvalue weighted by Gasteiger charge is 2.25. The maximum absolute atomic E-state index is 12.4. The number of ketones is 1. The summed E-state index contributed by atoms with van der Waals surface area (Å²) in [6, 6.07) is 8.43. The lowest BCUT2D eigenvalue weighted by molar-refractivity contribution is -0.125. The molecule has 0 saturated heterocycles. The molecule has 0 saturated carbocycles. The molecular weight excluding hydrogens is 368 g/mol. The zero-order chi connectivity index (χ0) is 22.6. The van der Waals surface area contributed by atoms with Crippen LogP contribution in [-0.4, -0.2) is 36.0 Å². The van der Waals surface area contributed by atoms with Crippen LogP contribution in [0, 0.1) is 5.92 Å². The van der Waals surface area contributed by atoms with E-state index < -0.39 is 23.6 Å². The molecule has 1 aromatic rings. The SMILES string of the molecule is C=C(C)C(=O)CNC(=O)C(Cc1ccccc1)NC(=O)OC(C)(C)C.CC(C)C. The maximum Gasteiger partial charge on any atom is 0.408 e. The number of amides is 2. The monoisotopic (exact) mass is 404 g/mol. The predicted molar refractivity (Wildman–Crippen MR) is 117 cm³/mol. The second-order valence-electron chi connectivity index (χ2n) is 8.54. The third-order valence-corrected chi connectivity index (χ3v) is 3.19. The van der Waals surface area contributed by atoms with Crippen molar-refractivity contribution < 1.29 is 19.1 Å². The number of hydrogen-bond donors (Lipinski definition) is 2. The van der Waals surface area contributed by atoms with Crippen molar-refractivity contribution in [2.75, 3.05) is 6.54 Å². The number of carbonyl (C=O) groups excluding carboxylic acids is 3. The van der Waals surface area contributed by atoms with Crippen molar-refractivity contribution >= 4 is 17.8 Å². The van der Waals surface area contributed by atoms with Crippen LogP contribution in [0.4, 0.5) is 4.79 Å². The summed E-state index contributed by atoms with van der Waals surface area (Å²) in [6.45, 7) is 16.7. The van der Waals surface area contributed by atoms with E-state index in [4.69, 9.17) is 4.74 Å². The van der Waals surface area contributed by atoms with Gasteiger partial charge in [0.15, 0.2) is 5.78 Å². The molecule has 0 aromatic heterocycles. The molecule has 0 radical (unpaired) electrons. The number of hydrogen-bond acceptors (Lipinski definition) is 4. The Morgan fingerprint density at radius 2 is 1.59 bits per heavy atom. The fourth-order valence-electron chi connectivity index (χ4n) is 1.95. The summed E-state index contributed by atoms with van der Waals surface area (Å²) < 4.78 is 5.21. The Morgan fingerprint density at radius 3 is 2.03 bits per heavy atom. The predicted octanol–water partition coefficient (Wildman–Crippen LogP) is 4.05. The zero-order valence-electron chi connectivity index (χ0n) is 18.8. The van der Waals surface area contributed by atoms with Crippen molar-refractivity contribution in [3.63, 3.8) is 0 Å². The average Bonchev–Trinajstić information content (AvgIpc) is 2.57. The normalized spacial score (nSPS) is 11.6. The molecular formula is C23H36N2O4. The lowest BCUT2D eigenvalue weighted by atomic mass is 10.1. The van der Waals surface area contributed by atoms with Crippen LogP contribution in [0.1, 0.15) is 54.0 Å². The van der Waals surface area contributed by atoms with E-state index in [9.17, 15) is 14.4 Å². The molecule has 0 fully saturated rings. The molecule has 6 nitrogen and oxygen atoms in total. The Balaban J connectivity index is 0.00000178. The molecule has 0 aliphatic heterocycles. The first-order valence-electron chi connectivity index (χ1n) is 9.81. The highest BCUT2D eigenvalue weighted by Crippen LogP contribution is 2.08. The molecule has 0 aliphatic rings. The Bertz CT molecular complexity index is 673. The minimum absolute atomic E-state index is 0.157. The van der Waals surface area contributed by atoms with Crippen molar-refractivity contribution in [3.05, 3.63) is 48.0 Å². The van der Waals surface area contributed by atoms with E-state index in [1.54, 1.807) is 27.7 Å². The number of Topliss-reactive ketones (excluding diaryl/α,β-unsaturated/α-hetero) is 1. The quantitative estimate of drug-likeness (QED) is 0.672. The molecule has 1 atom stereocenters. The van der Waals surface area contributed by atoms with Gasteiger partial charge in [-0.2, -0.15) is 0 Å². The van der Waals surface area contributed by atoms with Crippen molar-refractivity contribution in [3.8, 4) is 0 Å². The molecule has 0 bridgehead atoms. The number of alkyl carbamates (subject to hydrolysis) is 1. The van der Waals surface area contributed by atoms with Gasteiger partial charge in [-0.05, 0) is 44.7 Å². The second-order valence-corrected chi connectivity index (χ2v) is 8.54. The van der Waals surface area contributed by atoms with Gasteiger partial charge in [-0.1, -0.05) is 57.7 Å². The summed E-state index contributed by atoms with van der Waals surface area (Å²) in [7, 11) is 0. The Labute approximate surface area is 175 Å². The van der Waals surface area contributed by atoms with Gasteiger partial charge in [0.1, 0.15) is 11.6 Å². The van der Waals surface area contributed by atoms with Gasteiger partial charge in [0.25, 0.3) is 0 Å². The van der Waals surface area contributed by atoms with E-state index in [1.807, 2.05) is 30.3 Å². The molecule has 0 heterocycles. The molecule has 0 aliphatic carbocycles. The van der Waals surface area contributed by atoms with Gasteiger partial charge < -0.3 is 15.4 Å². The van der Waals surface area contributed by atoms with Gasteiger partial charge in [0, 0.05) is 6.42 Å². The van der Waals surface area contributed by atoms with Gasteiger partial charge >= 0.3 is 6.09 Å². The second kappa shape index (κ2) is 12.8. The van der Waals surface area contributed by atoms with E-state index in [1.165, 1.54) is 0 Å². The Morgan fingerprint density at radius 1 is 1.07 bits per heavy atom. The third kappa shape index (κ3) is 14.1. The molecule has 2 amide bonds. The summed E-state index contributed by atoms with van der Waals surface area (Å²) in [5.74, 6) is 0.119. The van der Waals surface area contributed by atoms with Gasteiger partial charge in [0.05, 0.1) is 6.54 Å². The van der Waals surface area contributed by atoms with E-state index in [0.29, 0.717) is 5.57 Å². The van der Waals surface area contributed by atoms with Crippen LogP contribution in [-0.2, 0) is 20.7 Å². The number of ether oxygens (including phenoxy) is 1. The van der Waals surface area contributed by atoms with E-state index in [-0.39, 0.29) is 18.7 Å². The smallest absolute Gasteiger partial charge is 0.408 e. The van der Waals surface area contributed by atoms with Crippen molar-refractivity contribution in [2.45, 2.75) is 66.5 Å². The summed E-state index contributed by atoms with van der Waals surface area (Å²) in [5.41, 5.74) is 0.568. The number of rotatable bonds is 7. The Hall–Kier alpha value is -2.63. The minimum atomic E-state index is -0.852. The highest BCUT2D eigenvalue weighted by molar-refractivity contribution is 5.98. The number of benzene rings is 1. The topological polar surface area (TPSA) is 84.5 Å². The molecule has 1 unspecified atom stereocenters. The van der Waals surface area contributed by atoms with Crippen LogP contribution in [0.2, 0.25) is 0 Å². The number of nitrogens with one attached hydrogen (secondary N) is 2. The van der Waals surface area contributed by atoms with Gasteiger partial charge in [-0.15, -0.1) is 0 Å².